The first-order valence-electron chi connectivity index (χ1n) is 4.32. The Kier molecular flexibility index (Phi) is 2.92. The molecule has 1 saturated heterocycles. The number of hydrogen-bond donors (Lipinski definition) is 0. The van der Waals surface area contributed by atoms with E-state index < -0.39 is 0 Å². The van der Waals surface area contributed by atoms with Gasteiger partial charge < -0.3 is 4.90 Å². The van der Waals surface area contributed by atoms with Gasteiger partial charge in [-0.15, -0.1) is 5.73 Å². The van der Waals surface area contributed by atoms with Crippen molar-refractivity contribution in [1.82, 2.24) is 4.90 Å². The lowest BCUT2D eigenvalue weighted by Crippen LogP contribution is -2.29. The predicted molar refractivity (Wildman–Crippen MR) is 48.5 cm³/mol. The smallest absolute Gasteiger partial charge is 0.0159 e. The van der Waals surface area contributed by atoms with E-state index in [0.29, 0.717) is 5.92 Å². The third kappa shape index (κ3) is 1.95. The maximum absolute atomic E-state index is 3.60. The highest BCUT2D eigenvalue weighted by Gasteiger charge is 2.24. The van der Waals surface area contributed by atoms with Gasteiger partial charge in [0.1, 0.15) is 0 Å². The van der Waals surface area contributed by atoms with Crippen molar-refractivity contribution in [3.8, 4) is 0 Å². The first-order chi connectivity index (χ1) is 5.25. The van der Waals surface area contributed by atoms with Gasteiger partial charge in [-0.1, -0.05) is 13.5 Å². The van der Waals surface area contributed by atoms with Crippen molar-refractivity contribution in [2.24, 2.45) is 5.92 Å². The van der Waals surface area contributed by atoms with E-state index in [9.17, 15) is 0 Å². The van der Waals surface area contributed by atoms with Gasteiger partial charge in [-0.05, 0) is 38.4 Å². The van der Waals surface area contributed by atoms with Gasteiger partial charge in [-0.25, -0.2) is 0 Å². The quantitative estimate of drug-likeness (QED) is 0.546. The third-order valence-electron chi connectivity index (χ3n) is 2.56. The Labute approximate surface area is 69.4 Å². The van der Waals surface area contributed by atoms with E-state index in [1.54, 1.807) is 0 Å². The van der Waals surface area contributed by atoms with Crippen LogP contribution in [0.1, 0.15) is 19.8 Å². The highest BCUT2D eigenvalue weighted by Crippen LogP contribution is 2.22. The summed E-state index contributed by atoms with van der Waals surface area (Å²) in [6, 6.07) is 0.726. The molecule has 0 aromatic carbocycles. The second-order valence-corrected chi connectivity index (χ2v) is 3.42. The van der Waals surface area contributed by atoms with E-state index in [1.807, 2.05) is 0 Å². The minimum atomic E-state index is 0.611. The normalized spacial score (nSPS) is 28.0. The summed E-state index contributed by atoms with van der Waals surface area (Å²) in [7, 11) is 2.20. The van der Waals surface area contributed by atoms with Crippen molar-refractivity contribution in [2.45, 2.75) is 25.8 Å². The fourth-order valence-electron chi connectivity index (χ4n) is 1.90. The molecule has 2 unspecified atom stereocenters. The van der Waals surface area contributed by atoms with E-state index in [2.05, 4.69) is 37.3 Å². The maximum atomic E-state index is 3.60. The van der Waals surface area contributed by atoms with Gasteiger partial charge in [-0.2, -0.15) is 0 Å². The molecule has 1 rings (SSSR count). The minimum absolute atomic E-state index is 0.611. The molecule has 1 heteroatoms. The molecule has 0 aromatic rings. The zero-order chi connectivity index (χ0) is 8.27. The Morgan fingerprint density at radius 3 is 2.91 bits per heavy atom. The molecule has 1 fully saturated rings. The predicted octanol–water partition coefficient (Wildman–Crippen LogP) is 2.06. The molecule has 0 bridgehead atoms. The van der Waals surface area contributed by atoms with Crippen LogP contribution in [0.3, 0.4) is 0 Å². The van der Waals surface area contributed by atoms with Crippen LogP contribution in [0.5, 0.6) is 0 Å². The van der Waals surface area contributed by atoms with Gasteiger partial charge in [0, 0.05) is 6.04 Å². The number of hydrogen-bond acceptors (Lipinski definition) is 1. The summed E-state index contributed by atoms with van der Waals surface area (Å²) in [6.45, 7) is 7.09. The Morgan fingerprint density at radius 2 is 2.45 bits per heavy atom. The minimum Gasteiger partial charge on any atom is -0.303 e. The van der Waals surface area contributed by atoms with Crippen LogP contribution >= 0.6 is 0 Å². The fourth-order valence-corrected chi connectivity index (χ4v) is 1.90. The third-order valence-corrected chi connectivity index (χ3v) is 2.56. The average molecular weight is 151 g/mol. The SMILES string of the molecule is C=C=CC(C)C1CCCN1C. The van der Waals surface area contributed by atoms with Crippen molar-refractivity contribution >= 4 is 0 Å². The molecule has 1 nitrogen and oxygen atoms in total. The van der Waals surface area contributed by atoms with E-state index in [4.69, 9.17) is 0 Å². The molecule has 2 atom stereocenters. The summed E-state index contributed by atoms with van der Waals surface area (Å²) in [4.78, 5) is 2.43. The molecular formula is C10H17N. The Morgan fingerprint density at radius 1 is 1.73 bits per heavy atom. The largest absolute Gasteiger partial charge is 0.303 e. The maximum Gasteiger partial charge on any atom is 0.0159 e. The van der Waals surface area contributed by atoms with Gasteiger partial charge >= 0.3 is 0 Å². The number of rotatable bonds is 2. The molecular weight excluding hydrogens is 134 g/mol. The summed E-state index contributed by atoms with van der Waals surface area (Å²) in [5.74, 6) is 0.611. The van der Waals surface area contributed by atoms with Crippen molar-refractivity contribution in [3.05, 3.63) is 18.4 Å². The highest BCUT2D eigenvalue weighted by atomic mass is 15.1. The lowest BCUT2D eigenvalue weighted by Gasteiger charge is -2.22. The van der Waals surface area contributed by atoms with E-state index in [0.717, 1.165) is 6.04 Å². The molecule has 0 aliphatic carbocycles. The standard InChI is InChI=1S/C10H17N/c1-4-6-9(2)10-7-5-8-11(10)3/h6,9-10H,1,5,7-8H2,2-3H3. The summed E-state index contributed by atoms with van der Waals surface area (Å²) in [5.41, 5.74) is 2.86. The molecule has 0 spiro atoms. The van der Waals surface area contributed by atoms with Crippen LogP contribution < -0.4 is 0 Å². The molecule has 1 aliphatic rings. The average Bonchev–Trinajstić information content (AvgIpc) is 2.36. The van der Waals surface area contributed by atoms with E-state index in [-0.39, 0.29) is 0 Å². The van der Waals surface area contributed by atoms with Crippen LogP contribution in [-0.2, 0) is 0 Å². The van der Waals surface area contributed by atoms with E-state index >= 15 is 0 Å². The van der Waals surface area contributed by atoms with Crippen molar-refractivity contribution in [2.75, 3.05) is 13.6 Å². The van der Waals surface area contributed by atoms with Crippen LogP contribution in [0.15, 0.2) is 18.4 Å². The molecule has 0 N–H and O–H groups in total. The lowest BCUT2D eigenvalue weighted by molar-refractivity contribution is 0.266. The molecule has 0 radical (unpaired) electrons. The van der Waals surface area contributed by atoms with Gasteiger partial charge in [0.15, 0.2) is 0 Å². The molecule has 62 valence electrons. The van der Waals surface area contributed by atoms with Crippen molar-refractivity contribution in [3.63, 3.8) is 0 Å². The first kappa shape index (κ1) is 8.58. The van der Waals surface area contributed by atoms with Gasteiger partial charge in [0.05, 0.1) is 0 Å². The van der Waals surface area contributed by atoms with Crippen LogP contribution in [0.2, 0.25) is 0 Å². The second kappa shape index (κ2) is 3.75. The number of likely N-dealkylation sites (tertiary alicyclic amines) is 1. The first-order valence-corrected chi connectivity index (χ1v) is 4.32. The summed E-state index contributed by atoms with van der Waals surface area (Å²) < 4.78 is 0. The van der Waals surface area contributed by atoms with Crippen LogP contribution in [-0.4, -0.2) is 24.5 Å². The van der Waals surface area contributed by atoms with Crippen molar-refractivity contribution < 1.29 is 0 Å². The fraction of sp³-hybridized carbons (Fsp3) is 0.700. The Bertz CT molecular complexity index is 168. The lowest BCUT2D eigenvalue weighted by atomic mass is 10.00. The van der Waals surface area contributed by atoms with Crippen LogP contribution in [0.4, 0.5) is 0 Å². The zero-order valence-electron chi connectivity index (χ0n) is 7.51. The zero-order valence-corrected chi connectivity index (χ0v) is 7.51. The summed E-state index contributed by atoms with van der Waals surface area (Å²) in [6.07, 6.45) is 4.75. The summed E-state index contributed by atoms with van der Waals surface area (Å²) >= 11 is 0. The highest BCUT2D eigenvalue weighted by molar-refractivity contribution is 4.92. The molecule has 1 aliphatic heterocycles. The summed E-state index contributed by atoms with van der Waals surface area (Å²) in [5, 5.41) is 0. The molecule has 0 aromatic heterocycles. The van der Waals surface area contributed by atoms with Crippen LogP contribution in [0, 0.1) is 5.92 Å². The van der Waals surface area contributed by atoms with Gasteiger partial charge in [0.2, 0.25) is 0 Å². The Hall–Kier alpha value is -0.520. The molecule has 1 heterocycles. The van der Waals surface area contributed by atoms with Gasteiger partial charge in [0.25, 0.3) is 0 Å². The molecule has 0 saturated carbocycles. The van der Waals surface area contributed by atoms with Gasteiger partial charge in [-0.3, -0.25) is 0 Å². The Balaban J connectivity index is 2.51. The second-order valence-electron chi connectivity index (χ2n) is 3.42. The van der Waals surface area contributed by atoms with Crippen molar-refractivity contribution in [1.29, 1.82) is 0 Å². The monoisotopic (exact) mass is 151 g/mol. The van der Waals surface area contributed by atoms with Crippen LogP contribution in [0.25, 0.3) is 0 Å². The molecule has 0 amide bonds. The molecule has 11 heavy (non-hydrogen) atoms. The number of nitrogens with zero attached hydrogens (tertiary/aromatic N) is 1. The topological polar surface area (TPSA) is 3.24 Å². The van der Waals surface area contributed by atoms with E-state index in [1.165, 1.54) is 19.4 Å².